The number of aromatic nitrogens is 2. The summed E-state index contributed by atoms with van der Waals surface area (Å²) < 4.78 is 24.8. The second-order valence-corrected chi connectivity index (χ2v) is 7.61. The van der Waals surface area contributed by atoms with Gasteiger partial charge in [0.2, 0.25) is 5.89 Å². The lowest BCUT2D eigenvalue weighted by atomic mass is 10.2. The number of hydrogen-bond acceptors (Lipinski definition) is 8. The van der Waals surface area contributed by atoms with E-state index in [1.165, 1.54) is 42.5 Å². The fourth-order valence-electron chi connectivity index (χ4n) is 2.68. The molecule has 2 aromatic carbocycles. The molecule has 0 aliphatic heterocycles. The number of nitro groups is 1. The summed E-state index contributed by atoms with van der Waals surface area (Å²) in [6.45, 7) is 1.55. The number of thiophene rings is 1. The van der Waals surface area contributed by atoms with Gasteiger partial charge in [-0.25, -0.2) is 9.18 Å². The number of ether oxygens (including phenoxy) is 1. The highest BCUT2D eigenvalue weighted by molar-refractivity contribution is 7.21. The van der Waals surface area contributed by atoms with E-state index < -0.39 is 22.8 Å². The molecule has 4 rings (SSSR count). The zero-order chi connectivity index (χ0) is 21.4. The standard InChI is InChI=1S/C19H11ClFN3O5S/c1-9(17-22-23-18(29-17)10-2-5-12(6-3-10)24(26)27)28-19(25)16-15(20)13-7-4-11(21)8-14(13)30-16/h2-9H,1H3. The summed E-state index contributed by atoms with van der Waals surface area (Å²) in [7, 11) is 0. The van der Waals surface area contributed by atoms with Crippen LogP contribution in [0.15, 0.2) is 46.9 Å². The first kappa shape index (κ1) is 19.9. The van der Waals surface area contributed by atoms with Crippen LogP contribution in [-0.2, 0) is 4.74 Å². The first-order chi connectivity index (χ1) is 14.3. The Bertz CT molecular complexity index is 1270. The van der Waals surface area contributed by atoms with Gasteiger partial charge < -0.3 is 9.15 Å². The molecule has 0 radical (unpaired) electrons. The minimum absolute atomic E-state index is 0.0416. The number of fused-ring (bicyclic) bond motifs is 1. The number of carbonyl (C=O) groups excluding carboxylic acids is 1. The molecule has 11 heteroatoms. The van der Waals surface area contributed by atoms with E-state index in [1.807, 2.05) is 0 Å². The molecule has 0 aliphatic rings. The third-order valence-corrected chi connectivity index (χ3v) is 5.81. The van der Waals surface area contributed by atoms with Crippen molar-refractivity contribution < 1.29 is 23.3 Å². The molecular weight excluding hydrogens is 437 g/mol. The lowest BCUT2D eigenvalue weighted by Gasteiger charge is -2.08. The van der Waals surface area contributed by atoms with E-state index in [4.69, 9.17) is 20.8 Å². The van der Waals surface area contributed by atoms with Crippen LogP contribution in [0.25, 0.3) is 21.5 Å². The predicted molar refractivity (Wildman–Crippen MR) is 107 cm³/mol. The summed E-state index contributed by atoms with van der Waals surface area (Å²) in [5.74, 6) is -0.972. The molecule has 30 heavy (non-hydrogen) atoms. The van der Waals surface area contributed by atoms with E-state index in [0.717, 1.165) is 11.3 Å². The first-order valence-corrected chi connectivity index (χ1v) is 9.69. The Labute approximate surface area is 177 Å². The lowest BCUT2D eigenvalue weighted by molar-refractivity contribution is -0.384. The minimum Gasteiger partial charge on any atom is -0.448 e. The fourth-order valence-corrected chi connectivity index (χ4v) is 4.09. The maximum absolute atomic E-state index is 13.4. The SMILES string of the molecule is CC(OC(=O)c1sc2cc(F)ccc2c1Cl)c1nnc(-c2ccc([N+](=O)[O-])cc2)o1. The van der Waals surface area contributed by atoms with Gasteiger partial charge in [0, 0.05) is 27.8 Å². The molecular formula is C19H11ClFN3O5S. The smallest absolute Gasteiger partial charge is 0.350 e. The van der Waals surface area contributed by atoms with E-state index in [9.17, 15) is 19.3 Å². The van der Waals surface area contributed by atoms with Crippen LogP contribution >= 0.6 is 22.9 Å². The molecule has 1 unspecified atom stereocenters. The largest absolute Gasteiger partial charge is 0.448 e. The summed E-state index contributed by atoms with van der Waals surface area (Å²) in [6.07, 6.45) is -0.880. The van der Waals surface area contributed by atoms with E-state index in [-0.39, 0.29) is 27.4 Å². The summed E-state index contributed by atoms with van der Waals surface area (Å²) >= 11 is 7.26. The molecule has 0 bridgehead atoms. The highest BCUT2D eigenvalue weighted by Crippen LogP contribution is 2.37. The second kappa shape index (κ2) is 7.81. The average Bonchev–Trinajstić information content (AvgIpc) is 3.33. The molecule has 2 aromatic heterocycles. The van der Waals surface area contributed by atoms with Gasteiger partial charge in [0.15, 0.2) is 6.10 Å². The topological polar surface area (TPSA) is 108 Å². The van der Waals surface area contributed by atoms with Crippen molar-refractivity contribution in [1.82, 2.24) is 10.2 Å². The van der Waals surface area contributed by atoms with Gasteiger partial charge in [-0.2, -0.15) is 0 Å². The second-order valence-electron chi connectivity index (χ2n) is 6.18. The lowest BCUT2D eigenvalue weighted by Crippen LogP contribution is -2.08. The Kier molecular flexibility index (Phi) is 5.18. The zero-order valence-electron chi connectivity index (χ0n) is 15.2. The molecule has 0 saturated heterocycles. The Morgan fingerprint density at radius 1 is 1.27 bits per heavy atom. The van der Waals surface area contributed by atoms with Crippen molar-refractivity contribution in [1.29, 1.82) is 0 Å². The van der Waals surface area contributed by atoms with Crippen molar-refractivity contribution in [3.05, 3.63) is 74.2 Å². The van der Waals surface area contributed by atoms with Gasteiger partial charge in [0.05, 0.1) is 9.95 Å². The normalized spacial score (nSPS) is 12.1. The van der Waals surface area contributed by atoms with E-state index >= 15 is 0 Å². The van der Waals surface area contributed by atoms with Crippen molar-refractivity contribution in [3.63, 3.8) is 0 Å². The Morgan fingerprint density at radius 3 is 2.70 bits per heavy atom. The molecule has 1 atom stereocenters. The number of esters is 1. The molecule has 0 amide bonds. The molecule has 0 saturated carbocycles. The van der Waals surface area contributed by atoms with Crippen LogP contribution in [0.4, 0.5) is 10.1 Å². The summed E-state index contributed by atoms with van der Waals surface area (Å²) in [6, 6.07) is 9.63. The van der Waals surface area contributed by atoms with Gasteiger partial charge >= 0.3 is 5.97 Å². The van der Waals surface area contributed by atoms with Gasteiger partial charge in [-0.3, -0.25) is 10.1 Å². The van der Waals surface area contributed by atoms with Gasteiger partial charge in [0.1, 0.15) is 10.7 Å². The Morgan fingerprint density at radius 2 is 2.00 bits per heavy atom. The average molecular weight is 448 g/mol. The van der Waals surface area contributed by atoms with Crippen molar-refractivity contribution >= 4 is 44.7 Å². The van der Waals surface area contributed by atoms with E-state index in [1.54, 1.807) is 6.92 Å². The van der Waals surface area contributed by atoms with Crippen LogP contribution in [0.3, 0.4) is 0 Å². The maximum atomic E-state index is 13.4. The molecule has 0 fully saturated rings. The predicted octanol–water partition coefficient (Wildman–Crippen LogP) is 5.57. The van der Waals surface area contributed by atoms with Gasteiger partial charge in [-0.05, 0) is 37.3 Å². The number of benzene rings is 2. The molecule has 0 N–H and O–H groups in total. The highest BCUT2D eigenvalue weighted by atomic mass is 35.5. The van der Waals surface area contributed by atoms with E-state index in [0.29, 0.717) is 15.6 Å². The number of rotatable bonds is 5. The quantitative estimate of drug-likeness (QED) is 0.223. The zero-order valence-corrected chi connectivity index (χ0v) is 16.7. The minimum atomic E-state index is -0.880. The van der Waals surface area contributed by atoms with Gasteiger partial charge in [0.25, 0.3) is 11.6 Å². The third kappa shape index (κ3) is 3.74. The fraction of sp³-hybridized carbons (Fsp3) is 0.105. The number of non-ortho nitro benzene ring substituents is 1. The number of halogens is 2. The van der Waals surface area contributed by atoms with E-state index in [2.05, 4.69) is 10.2 Å². The van der Waals surface area contributed by atoms with Crippen LogP contribution in [0, 0.1) is 15.9 Å². The summed E-state index contributed by atoms with van der Waals surface area (Å²) in [4.78, 5) is 22.9. The first-order valence-electron chi connectivity index (χ1n) is 8.50. The third-order valence-electron chi connectivity index (χ3n) is 4.17. The summed E-state index contributed by atoms with van der Waals surface area (Å²) in [5, 5.41) is 19.2. The molecule has 152 valence electrons. The monoisotopic (exact) mass is 447 g/mol. The van der Waals surface area contributed by atoms with Gasteiger partial charge in [-0.1, -0.05) is 11.6 Å². The van der Waals surface area contributed by atoms with Crippen molar-refractivity contribution in [2.24, 2.45) is 0 Å². The molecule has 8 nitrogen and oxygen atoms in total. The van der Waals surface area contributed by atoms with Gasteiger partial charge in [-0.15, -0.1) is 21.5 Å². The van der Waals surface area contributed by atoms with Crippen LogP contribution in [0.1, 0.15) is 28.6 Å². The number of hydrogen-bond donors (Lipinski definition) is 0. The molecule has 0 aliphatic carbocycles. The number of nitrogens with zero attached hydrogens (tertiary/aromatic N) is 3. The Hall–Kier alpha value is -3.37. The van der Waals surface area contributed by atoms with Crippen LogP contribution in [0.5, 0.6) is 0 Å². The van der Waals surface area contributed by atoms with Crippen molar-refractivity contribution in [3.8, 4) is 11.5 Å². The van der Waals surface area contributed by atoms with Crippen molar-refractivity contribution in [2.45, 2.75) is 13.0 Å². The summed E-state index contributed by atoms with van der Waals surface area (Å²) in [5.41, 5.74) is 0.410. The highest BCUT2D eigenvalue weighted by Gasteiger charge is 2.24. The molecule has 0 spiro atoms. The molecule has 2 heterocycles. The van der Waals surface area contributed by atoms with Crippen molar-refractivity contribution in [2.75, 3.05) is 0 Å². The van der Waals surface area contributed by atoms with Crippen LogP contribution in [0.2, 0.25) is 5.02 Å². The van der Waals surface area contributed by atoms with Crippen LogP contribution in [-0.4, -0.2) is 21.1 Å². The Balaban J connectivity index is 1.52. The number of carbonyl (C=O) groups is 1. The number of nitro benzene ring substituents is 1. The molecule has 4 aromatic rings. The maximum Gasteiger partial charge on any atom is 0.350 e. The van der Waals surface area contributed by atoms with Crippen LogP contribution < -0.4 is 0 Å².